The van der Waals surface area contributed by atoms with E-state index in [-0.39, 0.29) is 29.6 Å². The number of hydrogen-bond acceptors (Lipinski definition) is 3. The fraction of sp³-hybridized carbons (Fsp3) is 0.310. The van der Waals surface area contributed by atoms with E-state index in [1.807, 2.05) is 75.4 Å². The van der Waals surface area contributed by atoms with Gasteiger partial charge in [0.15, 0.2) is 5.78 Å². The van der Waals surface area contributed by atoms with E-state index in [2.05, 4.69) is 28.8 Å². The van der Waals surface area contributed by atoms with Crippen molar-refractivity contribution in [1.29, 1.82) is 0 Å². The van der Waals surface area contributed by atoms with Crippen LogP contribution >= 0.6 is 0 Å². The number of para-hydroxylation sites is 2. The molecule has 0 radical (unpaired) electrons. The molecule has 1 aliphatic carbocycles. The number of aromatic nitrogens is 1. The molecule has 4 nitrogen and oxygen atoms in total. The lowest BCUT2D eigenvalue weighted by molar-refractivity contribution is -0.159. The summed E-state index contributed by atoms with van der Waals surface area (Å²) < 4.78 is 8.03. The van der Waals surface area contributed by atoms with Crippen LogP contribution in [0.5, 0.6) is 0 Å². The molecule has 0 bridgehead atoms. The van der Waals surface area contributed by atoms with Crippen LogP contribution in [0.4, 0.5) is 0 Å². The summed E-state index contributed by atoms with van der Waals surface area (Å²) in [6.07, 6.45) is 1.08. The SMILES string of the molecule is CC(C)(C)OC(=O)[C@@H]1C[C@H](C(=O)c2ccccc2)[C@@H](n2c3ccccc3c3ccccc32)C1. The molecule has 4 heteroatoms. The molecule has 0 spiro atoms. The predicted molar refractivity (Wildman–Crippen MR) is 131 cm³/mol. The number of Topliss-reactive ketones (excluding diaryl/α,β-unsaturated/α-hetero) is 1. The number of hydrogen-bond donors (Lipinski definition) is 0. The van der Waals surface area contributed by atoms with Crippen LogP contribution in [0.1, 0.15) is 50.0 Å². The highest BCUT2D eigenvalue weighted by Crippen LogP contribution is 2.46. The normalized spacial score (nSPS) is 20.9. The van der Waals surface area contributed by atoms with Crippen LogP contribution in [0.3, 0.4) is 0 Å². The number of esters is 1. The van der Waals surface area contributed by atoms with Gasteiger partial charge in [-0.05, 0) is 45.7 Å². The Labute approximate surface area is 194 Å². The van der Waals surface area contributed by atoms with E-state index in [4.69, 9.17) is 4.74 Å². The van der Waals surface area contributed by atoms with Gasteiger partial charge in [0.05, 0.1) is 5.92 Å². The summed E-state index contributed by atoms with van der Waals surface area (Å²) in [5.41, 5.74) is 2.33. The first kappa shape index (κ1) is 21.4. The van der Waals surface area contributed by atoms with Crippen molar-refractivity contribution in [3.63, 3.8) is 0 Å². The molecule has 0 N–H and O–H groups in total. The second kappa shape index (κ2) is 8.18. The number of ether oxygens (including phenoxy) is 1. The molecule has 1 saturated carbocycles. The molecule has 1 fully saturated rings. The standard InChI is InChI=1S/C29H29NO3/c1-29(2,3)33-28(32)20-17-23(27(31)19-11-5-4-6-12-19)26(18-20)30-24-15-9-7-13-21(24)22-14-8-10-16-25(22)30/h4-16,20,23,26H,17-18H2,1-3H3/t20-,23+,26+/m1/s1. The molecule has 1 heterocycles. The second-order valence-corrected chi connectivity index (χ2v) is 10.0. The van der Waals surface area contributed by atoms with Crippen LogP contribution in [0.25, 0.3) is 21.8 Å². The van der Waals surface area contributed by atoms with E-state index in [9.17, 15) is 9.59 Å². The zero-order chi connectivity index (χ0) is 23.2. The number of carbonyl (C=O) groups excluding carboxylic acids is 2. The van der Waals surface area contributed by atoms with Crippen molar-refractivity contribution in [2.75, 3.05) is 0 Å². The molecule has 168 valence electrons. The van der Waals surface area contributed by atoms with Gasteiger partial charge in [-0.3, -0.25) is 9.59 Å². The second-order valence-electron chi connectivity index (χ2n) is 10.0. The average Bonchev–Trinajstić information content (AvgIpc) is 3.37. The van der Waals surface area contributed by atoms with Gasteiger partial charge in [-0.2, -0.15) is 0 Å². The van der Waals surface area contributed by atoms with Gasteiger partial charge < -0.3 is 9.30 Å². The van der Waals surface area contributed by atoms with Crippen molar-refractivity contribution in [3.8, 4) is 0 Å². The van der Waals surface area contributed by atoms with E-state index in [1.54, 1.807) is 0 Å². The summed E-state index contributed by atoms with van der Waals surface area (Å²) in [5, 5.41) is 2.33. The van der Waals surface area contributed by atoms with Crippen molar-refractivity contribution in [2.24, 2.45) is 11.8 Å². The van der Waals surface area contributed by atoms with Crippen LogP contribution in [0.2, 0.25) is 0 Å². The quantitative estimate of drug-likeness (QED) is 0.266. The maximum Gasteiger partial charge on any atom is 0.309 e. The lowest BCUT2D eigenvalue weighted by Gasteiger charge is -2.23. The molecule has 1 aromatic heterocycles. The minimum absolute atomic E-state index is 0.0912. The van der Waals surface area contributed by atoms with Crippen LogP contribution < -0.4 is 0 Å². The molecule has 5 rings (SSSR count). The van der Waals surface area contributed by atoms with E-state index < -0.39 is 5.60 Å². The first-order valence-corrected chi connectivity index (χ1v) is 11.6. The van der Waals surface area contributed by atoms with Gasteiger partial charge in [-0.15, -0.1) is 0 Å². The summed E-state index contributed by atoms with van der Waals surface area (Å²) in [6, 6.07) is 25.9. The topological polar surface area (TPSA) is 48.3 Å². The zero-order valence-electron chi connectivity index (χ0n) is 19.3. The molecular formula is C29H29NO3. The number of fused-ring (bicyclic) bond motifs is 3. The highest BCUT2D eigenvalue weighted by molar-refractivity contribution is 6.08. The van der Waals surface area contributed by atoms with Gasteiger partial charge in [0, 0.05) is 39.3 Å². The van der Waals surface area contributed by atoms with Gasteiger partial charge in [0.1, 0.15) is 5.60 Å². The third-order valence-electron chi connectivity index (χ3n) is 6.61. The molecular weight excluding hydrogens is 410 g/mol. The molecule has 0 aliphatic heterocycles. The van der Waals surface area contributed by atoms with Crippen molar-refractivity contribution in [3.05, 3.63) is 84.4 Å². The molecule has 0 unspecified atom stereocenters. The Kier molecular flexibility index (Phi) is 5.32. The lowest BCUT2D eigenvalue weighted by atomic mass is 9.92. The van der Waals surface area contributed by atoms with E-state index in [1.165, 1.54) is 10.8 Å². The maximum absolute atomic E-state index is 13.7. The Morgan fingerprint density at radius 3 is 1.91 bits per heavy atom. The van der Waals surface area contributed by atoms with Crippen molar-refractivity contribution < 1.29 is 14.3 Å². The molecule has 1 aliphatic rings. The average molecular weight is 440 g/mol. The number of benzene rings is 3. The summed E-state index contributed by atoms with van der Waals surface area (Å²) in [5.74, 6) is -0.735. The largest absolute Gasteiger partial charge is 0.460 e. The Bertz CT molecular complexity index is 1280. The Morgan fingerprint density at radius 1 is 0.788 bits per heavy atom. The van der Waals surface area contributed by atoms with Gasteiger partial charge in [0.25, 0.3) is 0 Å². The van der Waals surface area contributed by atoms with E-state index in [0.717, 1.165) is 11.0 Å². The Hall–Kier alpha value is -3.40. The third kappa shape index (κ3) is 3.95. The highest BCUT2D eigenvalue weighted by atomic mass is 16.6. The fourth-order valence-electron chi connectivity index (χ4n) is 5.29. The molecule has 0 saturated heterocycles. The molecule has 4 aromatic rings. The Balaban J connectivity index is 1.63. The number of rotatable bonds is 4. The zero-order valence-corrected chi connectivity index (χ0v) is 19.3. The Morgan fingerprint density at radius 2 is 1.33 bits per heavy atom. The number of ketones is 1. The predicted octanol–water partition coefficient (Wildman–Crippen LogP) is 6.59. The number of carbonyl (C=O) groups is 2. The van der Waals surface area contributed by atoms with E-state index >= 15 is 0 Å². The minimum Gasteiger partial charge on any atom is -0.460 e. The van der Waals surface area contributed by atoms with Gasteiger partial charge in [-0.25, -0.2) is 0 Å². The van der Waals surface area contributed by atoms with Gasteiger partial charge in [-0.1, -0.05) is 66.7 Å². The van der Waals surface area contributed by atoms with Gasteiger partial charge >= 0.3 is 5.97 Å². The smallest absolute Gasteiger partial charge is 0.309 e. The van der Waals surface area contributed by atoms with Crippen molar-refractivity contribution in [1.82, 2.24) is 4.57 Å². The third-order valence-corrected chi connectivity index (χ3v) is 6.61. The molecule has 3 atom stereocenters. The summed E-state index contributed by atoms with van der Waals surface area (Å²) in [7, 11) is 0. The summed E-state index contributed by atoms with van der Waals surface area (Å²) in [6.45, 7) is 5.66. The monoisotopic (exact) mass is 439 g/mol. The van der Waals surface area contributed by atoms with Crippen LogP contribution in [-0.4, -0.2) is 21.9 Å². The first-order chi connectivity index (χ1) is 15.8. The highest BCUT2D eigenvalue weighted by Gasteiger charge is 2.44. The minimum atomic E-state index is -0.555. The first-order valence-electron chi connectivity index (χ1n) is 11.6. The lowest BCUT2D eigenvalue weighted by Crippen LogP contribution is -2.28. The van der Waals surface area contributed by atoms with Crippen LogP contribution in [0.15, 0.2) is 78.9 Å². The summed E-state index contributed by atoms with van der Waals surface area (Å²) >= 11 is 0. The molecule has 33 heavy (non-hydrogen) atoms. The number of nitrogens with zero attached hydrogens (tertiary/aromatic N) is 1. The summed E-state index contributed by atoms with van der Waals surface area (Å²) in [4.78, 5) is 26.8. The molecule has 0 amide bonds. The van der Waals surface area contributed by atoms with Crippen LogP contribution in [0, 0.1) is 11.8 Å². The maximum atomic E-state index is 13.7. The van der Waals surface area contributed by atoms with Gasteiger partial charge in [0.2, 0.25) is 0 Å². The van der Waals surface area contributed by atoms with Crippen molar-refractivity contribution in [2.45, 2.75) is 45.3 Å². The molecule has 3 aromatic carbocycles. The fourth-order valence-corrected chi connectivity index (χ4v) is 5.29. The van der Waals surface area contributed by atoms with Crippen molar-refractivity contribution >= 4 is 33.6 Å². The van der Waals surface area contributed by atoms with Crippen LogP contribution in [-0.2, 0) is 9.53 Å². The van der Waals surface area contributed by atoms with E-state index in [0.29, 0.717) is 18.4 Å².